The summed E-state index contributed by atoms with van der Waals surface area (Å²) >= 11 is 0. The second-order valence-electron chi connectivity index (χ2n) is 3.81. The number of amides is 2. The van der Waals surface area contributed by atoms with Gasteiger partial charge in [0.05, 0.1) is 12.8 Å². The smallest absolute Gasteiger partial charge is 0.319 e. The fourth-order valence-electron chi connectivity index (χ4n) is 1.53. The number of carbonyl (C=O) groups is 1. The molecule has 0 heterocycles. The molecule has 0 aliphatic carbocycles. The zero-order valence-electron chi connectivity index (χ0n) is 10.7. The zero-order valence-corrected chi connectivity index (χ0v) is 10.7. The van der Waals surface area contributed by atoms with Gasteiger partial charge in [-0.05, 0) is 18.6 Å². The summed E-state index contributed by atoms with van der Waals surface area (Å²) in [5, 5.41) is 5.56. The van der Waals surface area contributed by atoms with Crippen LogP contribution in [-0.4, -0.2) is 19.2 Å². The Labute approximate surface area is 108 Å². The first kappa shape index (κ1) is 13.9. The molecule has 1 aromatic carbocycles. The molecule has 0 radical (unpaired) electrons. The molecule has 1 rings (SSSR count). The second-order valence-corrected chi connectivity index (χ2v) is 3.81. The molecule has 0 saturated carbocycles. The second kappa shape index (κ2) is 7.23. The van der Waals surface area contributed by atoms with Gasteiger partial charge in [0.25, 0.3) is 0 Å². The zero-order chi connectivity index (χ0) is 13.4. The summed E-state index contributed by atoms with van der Waals surface area (Å²) in [6.45, 7) is 1.98. The van der Waals surface area contributed by atoms with E-state index in [9.17, 15) is 4.79 Å². The highest BCUT2D eigenvalue weighted by atomic mass is 16.5. The number of hydrogen-bond donors (Lipinski definition) is 2. The Morgan fingerprint density at radius 2 is 2.22 bits per heavy atom. The van der Waals surface area contributed by atoms with Crippen molar-refractivity contribution in [3.8, 4) is 18.1 Å². The molecular weight excluding hydrogens is 228 g/mol. The van der Waals surface area contributed by atoms with Crippen molar-refractivity contribution in [2.24, 2.45) is 0 Å². The monoisotopic (exact) mass is 246 g/mol. The number of nitrogens with one attached hydrogen (secondary N) is 2. The maximum Gasteiger partial charge on any atom is 0.319 e. The van der Waals surface area contributed by atoms with Crippen molar-refractivity contribution in [3.63, 3.8) is 0 Å². The molecule has 1 unspecified atom stereocenters. The Bertz CT molecular complexity index is 438. The van der Waals surface area contributed by atoms with Crippen LogP contribution >= 0.6 is 0 Å². The molecule has 18 heavy (non-hydrogen) atoms. The molecule has 0 aliphatic heterocycles. The molecule has 0 aliphatic rings. The Hall–Kier alpha value is -2.15. The number of terminal acetylenes is 1. The lowest BCUT2D eigenvalue weighted by Gasteiger charge is -2.16. The minimum absolute atomic E-state index is 0.00953. The molecule has 0 spiro atoms. The summed E-state index contributed by atoms with van der Waals surface area (Å²) in [6.07, 6.45) is 6.56. The topological polar surface area (TPSA) is 50.4 Å². The van der Waals surface area contributed by atoms with Crippen LogP contribution < -0.4 is 15.4 Å². The van der Waals surface area contributed by atoms with Crippen LogP contribution in [-0.2, 0) is 0 Å². The number of methoxy groups -OCH3 is 1. The van der Waals surface area contributed by atoms with E-state index in [0.29, 0.717) is 17.9 Å². The average Bonchev–Trinajstić information content (AvgIpc) is 2.38. The van der Waals surface area contributed by atoms with E-state index in [4.69, 9.17) is 11.2 Å². The molecule has 0 bridgehead atoms. The standard InChI is InChI=1S/C14H18N2O2/c1-4-8-11(5-2)15-14(17)16-12-9-6-7-10-13(12)18-3/h1,6-7,9-11H,5,8H2,2-3H3,(H2,15,16,17). The van der Waals surface area contributed by atoms with Crippen LogP contribution in [0.2, 0.25) is 0 Å². The van der Waals surface area contributed by atoms with Gasteiger partial charge in [-0.1, -0.05) is 19.1 Å². The first-order chi connectivity index (χ1) is 8.71. The summed E-state index contributed by atoms with van der Waals surface area (Å²) in [4.78, 5) is 11.8. The molecule has 2 amide bonds. The number of hydrogen-bond acceptors (Lipinski definition) is 2. The third-order valence-electron chi connectivity index (χ3n) is 2.55. The Kier molecular flexibility index (Phi) is 5.59. The van der Waals surface area contributed by atoms with Crippen LogP contribution in [0, 0.1) is 12.3 Å². The van der Waals surface area contributed by atoms with Gasteiger partial charge in [0.15, 0.2) is 0 Å². The third-order valence-corrected chi connectivity index (χ3v) is 2.55. The quantitative estimate of drug-likeness (QED) is 0.785. The first-order valence-electron chi connectivity index (χ1n) is 5.85. The normalized spacial score (nSPS) is 11.2. The number of para-hydroxylation sites is 2. The van der Waals surface area contributed by atoms with Gasteiger partial charge in [-0.2, -0.15) is 0 Å². The third kappa shape index (κ3) is 4.02. The Morgan fingerprint density at radius 1 is 1.50 bits per heavy atom. The fourth-order valence-corrected chi connectivity index (χ4v) is 1.53. The number of urea groups is 1. The lowest BCUT2D eigenvalue weighted by atomic mass is 10.1. The largest absolute Gasteiger partial charge is 0.495 e. The summed E-state index contributed by atoms with van der Waals surface area (Å²) in [5.74, 6) is 3.17. The number of ether oxygens (including phenoxy) is 1. The molecule has 1 aromatic rings. The van der Waals surface area contributed by atoms with E-state index in [0.717, 1.165) is 6.42 Å². The van der Waals surface area contributed by atoms with Gasteiger partial charge >= 0.3 is 6.03 Å². The van der Waals surface area contributed by atoms with Gasteiger partial charge in [0, 0.05) is 12.5 Å². The van der Waals surface area contributed by atoms with Crippen LogP contribution in [0.3, 0.4) is 0 Å². The van der Waals surface area contributed by atoms with E-state index in [2.05, 4.69) is 16.6 Å². The van der Waals surface area contributed by atoms with Crippen LogP contribution in [0.4, 0.5) is 10.5 Å². The molecule has 2 N–H and O–H groups in total. The van der Waals surface area contributed by atoms with Crippen molar-refractivity contribution in [1.82, 2.24) is 5.32 Å². The van der Waals surface area contributed by atoms with Crippen LogP contribution in [0.15, 0.2) is 24.3 Å². The van der Waals surface area contributed by atoms with Crippen molar-refractivity contribution in [2.45, 2.75) is 25.8 Å². The minimum atomic E-state index is -0.276. The summed E-state index contributed by atoms with van der Waals surface area (Å²) < 4.78 is 5.15. The number of carbonyl (C=O) groups excluding carboxylic acids is 1. The van der Waals surface area contributed by atoms with Crippen molar-refractivity contribution in [2.75, 3.05) is 12.4 Å². The average molecular weight is 246 g/mol. The van der Waals surface area contributed by atoms with Gasteiger partial charge in [0.2, 0.25) is 0 Å². The van der Waals surface area contributed by atoms with E-state index in [1.54, 1.807) is 19.2 Å². The van der Waals surface area contributed by atoms with E-state index in [1.807, 2.05) is 19.1 Å². The van der Waals surface area contributed by atoms with Gasteiger partial charge in [0.1, 0.15) is 5.75 Å². The van der Waals surface area contributed by atoms with Crippen molar-refractivity contribution in [1.29, 1.82) is 0 Å². The first-order valence-corrected chi connectivity index (χ1v) is 5.85. The predicted molar refractivity (Wildman–Crippen MR) is 72.7 cm³/mol. The molecule has 4 heteroatoms. The SMILES string of the molecule is C#CCC(CC)NC(=O)Nc1ccccc1OC. The van der Waals surface area contributed by atoms with Crippen molar-refractivity contribution in [3.05, 3.63) is 24.3 Å². The van der Waals surface area contributed by atoms with E-state index in [1.165, 1.54) is 0 Å². The molecule has 0 aromatic heterocycles. The molecular formula is C14H18N2O2. The van der Waals surface area contributed by atoms with Crippen LogP contribution in [0.1, 0.15) is 19.8 Å². The van der Waals surface area contributed by atoms with E-state index in [-0.39, 0.29) is 12.1 Å². The highest BCUT2D eigenvalue weighted by Crippen LogP contribution is 2.22. The van der Waals surface area contributed by atoms with Crippen LogP contribution in [0.5, 0.6) is 5.75 Å². The maximum absolute atomic E-state index is 11.8. The lowest BCUT2D eigenvalue weighted by Crippen LogP contribution is -2.37. The summed E-state index contributed by atoms with van der Waals surface area (Å²) in [7, 11) is 1.56. The number of anilines is 1. The minimum Gasteiger partial charge on any atom is -0.495 e. The van der Waals surface area contributed by atoms with Gasteiger partial charge in [-0.3, -0.25) is 0 Å². The summed E-state index contributed by atoms with van der Waals surface area (Å²) in [5.41, 5.74) is 0.632. The van der Waals surface area contributed by atoms with Gasteiger partial charge < -0.3 is 15.4 Å². The van der Waals surface area contributed by atoms with Gasteiger partial charge in [-0.25, -0.2) is 4.79 Å². The molecule has 0 fully saturated rings. The summed E-state index contributed by atoms with van der Waals surface area (Å²) in [6, 6.07) is 6.95. The lowest BCUT2D eigenvalue weighted by molar-refractivity contribution is 0.248. The predicted octanol–water partition coefficient (Wildman–Crippen LogP) is 2.62. The highest BCUT2D eigenvalue weighted by molar-refractivity contribution is 5.91. The Morgan fingerprint density at radius 3 is 2.83 bits per heavy atom. The number of rotatable bonds is 5. The maximum atomic E-state index is 11.8. The van der Waals surface area contributed by atoms with E-state index >= 15 is 0 Å². The Balaban J connectivity index is 2.62. The molecule has 1 atom stereocenters. The van der Waals surface area contributed by atoms with Crippen molar-refractivity contribution < 1.29 is 9.53 Å². The van der Waals surface area contributed by atoms with Crippen molar-refractivity contribution >= 4 is 11.7 Å². The van der Waals surface area contributed by atoms with Crippen LogP contribution in [0.25, 0.3) is 0 Å². The van der Waals surface area contributed by atoms with Gasteiger partial charge in [-0.15, -0.1) is 12.3 Å². The molecule has 0 saturated heterocycles. The van der Waals surface area contributed by atoms with E-state index < -0.39 is 0 Å². The molecule has 96 valence electrons. The molecule has 4 nitrogen and oxygen atoms in total. The number of benzene rings is 1. The highest BCUT2D eigenvalue weighted by Gasteiger charge is 2.10. The fraction of sp³-hybridized carbons (Fsp3) is 0.357.